The topological polar surface area (TPSA) is 342 Å². The first-order valence-corrected chi connectivity index (χ1v) is 15.4. The fourth-order valence-corrected chi connectivity index (χ4v) is 7.10. The quantitative estimate of drug-likeness (QED) is 0.0825. The Kier molecular flexibility index (Phi) is 7.93. The number of nitrogens with zero attached hydrogens (tertiary/aromatic N) is 6. The van der Waals surface area contributed by atoms with Gasteiger partial charge in [-0.3, -0.25) is 24.0 Å². The first kappa shape index (κ1) is 30.5. The van der Waals surface area contributed by atoms with Gasteiger partial charge in [-0.15, -0.1) is 9.42 Å². The van der Waals surface area contributed by atoms with Crippen LogP contribution in [-0.4, -0.2) is 114 Å². The lowest BCUT2D eigenvalue weighted by Gasteiger charge is -2.27. The fourth-order valence-electron chi connectivity index (χ4n) is 5.18. The van der Waals surface area contributed by atoms with Crippen LogP contribution >= 0.6 is 15.9 Å². The molecule has 6 rings (SSSR count). The second kappa shape index (κ2) is 11.4. The highest BCUT2D eigenvalue weighted by molar-refractivity contribution is 7.53. The van der Waals surface area contributed by atoms with Crippen LogP contribution in [0.4, 0.5) is 11.8 Å². The Morgan fingerprint density at radius 1 is 1.05 bits per heavy atom. The highest BCUT2D eigenvalue weighted by Gasteiger charge is 2.56. The molecule has 2 unspecified atom stereocenters. The number of nitrogen functional groups attached to an aromatic ring is 2. The first-order chi connectivity index (χ1) is 20.9. The van der Waals surface area contributed by atoms with E-state index < -0.39 is 83.1 Å². The number of nitrogens with one attached hydrogen (secondary N) is 2. The van der Waals surface area contributed by atoms with Crippen molar-refractivity contribution in [2.24, 2.45) is 0 Å². The van der Waals surface area contributed by atoms with Crippen molar-refractivity contribution in [3.8, 4) is 0 Å². The molecule has 0 spiro atoms. The molecule has 10 atom stereocenters. The summed E-state index contributed by atoms with van der Waals surface area (Å²) in [5, 5.41) is 39.1. The molecule has 0 aliphatic carbocycles. The average molecular weight is 659 g/mol. The van der Waals surface area contributed by atoms with E-state index in [4.69, 9.17) is 30.4 Å². The molecule has 0 bridgehead atoms. The summed E-state index contributed by atoms with van der Waals surface area (Å²) >= 11 is 0. The van der Waals surface area contributed by atoms with Gasteiger partial charge in [-0.05, 0) is 0 Å². The Morgan fingerprint density at radius 3 is 2.55 bits per heavy atom. The summed E-state index contributed by atoms with van der Waals surface area (Å²) in [7, 11) is -8.11. The molecule has 4 aromatic rings. The molecule has 6 heterocycles. The van der Waals surface area contributed by atoms with E-state index in [1.807, 2.05) is 0 Å². The molecule has 2 aliphatic rings. The van der Waals surface area contributed by atoms with Gasteiger partial charge in [-0.1, -0.05) is 0 Å². The summed E-state index contributed by atoms with van der Waals surface area (Å²) in [4.78, 5) is 50.5. The zero-order chi connectivity index (χ0) is 31.5. The fraction of sp³-hybridized carbons (Fsp3) is 0.500. The maximum absolute atomic E-state index is 13.7. The van der Waals surface area contributed by atoms with Gasteiger partial charge in [0.1, 0.15) is 60.7 Å². The smallest absolute Gasteiger partial charge is 0.389 e. The molecule has 11 N–H and O–H groups in total. The maximum Gasteiger partial charge on any atom is 0.694 e. The second-order valence-electron chi connectivity index (χ2n) is 9.88. The van der Waals surface area contributed by atoms with Crippen molar-refractivity contribution in [1.29, 1.82) is 0 Å². The zero-order valence-electron chi connectivity index (χ0n) is 22.0. The van der Waals surface area contributed by atoms with Crippen LogP contribution in [0.25, 0.3) is 22.2 Å². The summed E-state index contributed by atoms with van der Waals surface area (Å²) in [6, 6.07) is 0. The van der Waals surface area contributed by atoms with E-state index in [1.165, 1.54) is 6.33 Å². The molecular formula is C20H25N10O12P2+. The van der Waals surface area contributed by atoms with Gasteiger partial charge < -0.3 is 45.7 Å². The molecule has 44 heavy (non-hydrogen) atoms. The van der Waals surface area contributed by atoms with E-state index in [2.05, 4.69) is 39.6 Å². The molecule has 2 saturated heterocycles. The third-order valence-corrected chi connectivity index (χ3v) is 9.46. The minimum atomic E-state index is -4.99. The molecule has 22 nitrogen and oxygen atoms in total. The predicted octanol–water partition coefficient (Wildman–Crippen LogP) is -2.69. The van der Waals surface area contributed by atoms with Gasteiger partial charge in [0.05, 0.1) is 18.6 Å². The van der Waals surface area contributed by atoms with Gasteiger partial charge in [0.2, 0.25) is 5.95 Å². The molecule has 236 valence electrons. The van der Waals surface area contributed by atoms with Crippen molar-refractivity contribution in [2.45, 2.75) is 48.5 Å². The van der Waals surface area contributed by atoms with E-state index >= 15 is 0 Å². The van der Waals surface area contributed by atoms with Crippen LogP contribution in [0.3, 0.4) is 0 Å². The lowest BCUT2D eigenvalue weighted by atomic mass is 10.1. The average Bonchev–Trinajstić information content (AvgIpc) is 3.72. The number of imidazole rings is 1. The normalized spacial score (nSPS) is 30.7. The molecule has 2 aliphatic heterocycles. The Balaban J connectivity index is 1.26. The maximum atomic E-state index is 13.7. The molecule has 0 radical (unpaired) electrons. The SMILES string of the molecule is Nc1nc2c(ncn2[C@@H]2O[C@H](CO[P+](=O)O)[C@@H](O)[C@H]2P(=O)(O)OC[C@H]2O[C@@H](c3[nH]nc4c(N)ncnc34)[C@H](O)[C@@H]2O)c(=O)[nH]1. The number of hydrogen-bond acceptors (Lipinski definition) is 17. The zero-order valence-corrected chi connectivity index (χ0v) is 23.8. The van der Waals surface area contributed by atoms with Crippen LogP contribution in [0, 0.1) is 0 Å². The third-order valence-electron chi connectivity index (χ3n) is 7.25. The van der Waals surface area contributed by atoms with E-state index in [0.29, 0.717) is 0 Å². The number of aliphatic hydroxyl groups is 3. The summed E-state index contributed by atoms with van der Waals surface area (Å²) in [5.74, 6) is -0.249. The van der Waals surface area contributed by atoms with Crippen LogP contribution < -0.4 is 17.0 Å². The molecule has 2 fully saturated rings. The Morgan fingerprint density at radius 2 is 1.80 bits per heavy atom. The minimum absolute atomic E-state index is 0.0567. The number of fused-ring (bicyclic) bond motifs is 2. The van der Waals surface area contributed by atoms with Crippen molar-refractivity contribution >= 4 is 49.8 Å². The summed E-state index contributed by atoms with van der Waals surface area (Å²) in [5.41, 5.74) is 9.11. The number of aliphatic hydroxyl groups excluding tert-OH is 3. The molecule has 0 amide bonds. The van der Waals surface area contributed by atoms with E-state index in [1.54, 1.807) is 0 Å². The lowest BCUT2D eigenvalue weighted by molar-refractivity contribution is -0.0388. The predicted molar refractivity (Wildman–Crippen MR) is 144 cm³/mol. The molecule has 0 aromatic carbocycles. The number of hydrogen-bond donors (Lipinski definition) is 9. The Hall–Kier alpha value is -3.53. The number of anilines is 2. The van der Waals surface area contributed by atoms with Gasteiger partial charge in [-0.25, -0.2) is 15.0 Å². The summed E-state index contributed by atoms with van der Waals surface area (Å²) in [6.45, 7) is -1.44. The summed E-state index contributed by atoms with van der Waals surface area (Å²) < 4.78 is 47.3. The first-order valence-electron chi connectivity index (χ1n) is 12.6. The van der Waals surface area contributed by atoms with Crippen LogP contribution in [0.5, 0.6) is 0 Å². The van der Waals surface area contributed by atoms with Crippen LogP contribution in [0.2, 0.25) is 0 Å². The van der Waals surface area contributed by atoms with Crippen molar-refractivity contribution in [3.05, 3.63) is 28.7 Å². The number of nitrogens with two attached hydrogens (primary N) is 2. The number of rotatable bonds is 9. The number of aromatic nitrogens is 8. The standard InChI is InChI=1S/C20H24N10O12P2/c21-16-9-7(23-3-24-16)8(28-29-9)14-13(33)11(31)6(41-14)2-40-44(37,38)15-12(32)5(1-39-43(35)36)42-19(15)30-4-25-10-17(30)26-20(22)27-18(10)34/h3-6,11-15,19,31-33H,1-2H2,(H7-,21,22,23,24,26,27,28,29,34,35,36,37,38)/p+1/t5-,6-,11-,12-,13-,14+,15-,19-/m1/s1. The summed E-state index contributed by atoms with van der Waals surface area (Å²) in [6.07, 6.45) is -8.38. The Labute approximate surface area is 244 Å². The van der Waals surface area contributed by atoms with Gasteiger partial charge in [0, 0.05) is 4.57 Å². The lowest BCUT2D eigenvalue weighted by Crippen LogP contribution is -2.36. The van der Waals surface area contributed by atoms with E-state index in [-0.39, 0.29) is 39.7 Å². The number of aromatic amines is 2. The van der Waals surface area contributed by atoms with Gasteiger partial charge in [0.15, 0.2) is 28.7 Å². The minimum Gasteiger partial charge on any atom is -0.389 e. The number of ether oxygens (including phenoxy) is 2. The van der Waals surface area contributed by atoms with Crippen molar-refractivity contribution < 1.29 is 52.8 Å². The van der Waals surface area contributed by atoms with Crippen LogP contribution in [0.1, 0.15) is 18.0 Å². The van der Waals surface area contributed by atoms with Gasteiger partial charge in [0.25, 0.3) is 5.56 Å². The molecule has 24 heteroatoms. The highest BCUT2D eigenvalue weighted by atomic mass is 31.2. The van der Waals surface area contributed by atoms with Crippen molar-refractivity contribution in [1.82, 2.24) is 39.7 Å². The molecular weight excluding hydrogens is 634 g/mol. The van der Waals surface area contributed by atoms with Crippen LogP contribution in [0.15, 0.2) is 17.4 Å². The van der Waals surface area contributed by atoms with Crippen molar-refractivity contribution in [3.63, 3.8) is 0 Å². The molecule has 4 aromatic heterocycles. The third kappa shape index (κ3) is 5.25. The highest BCUT2D eigenvalue weighted by Crippen LogP contribution is 2.57. The van der Waals surface area contributed by atoms with Crippen LogP contribution in [-0.2, 0) is 27.7 Å². The number of H-pyrrole nitrogens is 2. The van der Waals surface area contributed by atoms with Crippen molar-refractivity contribution in [2.75, 3.05) is 24.7 Å². The van der Waals surface area contributed by atoms with E-state index in [9.17, 15) is 34.1 Å². The monoisotopic (exact) mass is 659 g/mol. The largest absolute Gasteiger partial charge is 0.694 e. The van der Waals surface area contributed by atoms with Gasteiger partial charge in [-0.2, -0.15) is 10.1 Å². The second-order valence-corrected chi connectivity index (χ2v) is 12.6. The Bertz CT molecular complexity index is 1830. The van der Waals surface area contributed by atoms with E-state index in [0.717, 1.165) is 10.9 Å². The molecule has 0 saturated carbocycles. The van der Waals surface area contributed by atoms with Gasteiger partial charge >= 0.3 is 15.9 Å².